The molecule has 6 nitrogen and oxygen atoms in total. The van der Waals surface area contributed by atoms with Crippen molar-refractivity contribution in [2.45, 2.75) is 32.7 Å². The summed E-state index contributed by atoms with van der Waals surface area (Å²) in [5, 5.41) is 2.98. The van der Waals surface area contributed by atoms with Crippen LogP contribution in [0.3, 0.4) is 0 Å². The molecule has 0 bridgehead atoms. The molecule has 0 saturated heterocycles. The standard InChI is InChI=1S/C23H27N3O3/c1-16(2)23-24-10-11-26(23)15-17-6-5-7-19(12-17)25-22(27)14-18-13-20(28-3)8-9-21(18)29-4/h5-13,16H,14-15H2,1-4H3,(H,25,27). The Labute approximate surface area is 171 Å². The van der Waals surface area contributed by atoms with Crippen molar-refractivity contribution in [3.8, 4) is 11.5 Å². The number of benzene rings is 2. The van der Waals surface area contributed by atoms with Crippen LogP contribution < -0.4 is 14.8 Å². The van der Waals surface area contributed by atoms with Crippen LogP contribution in [0, 0.1) is 0 Å². The van der Waals surface area contributed by atoms with Gasteiger partial charge in [0.15, 0.2) is 0 Å². The average Bonchev–Trinajstić information content (AvgIpc) is 3.16. The van der Waals surface area contributed by atoms with Gasteiger partial charge in [0.05, 0.1) is 20.6 Å². The van der Waals surface area contributed by atoms with Crippen LogP contribution >= 0.6 is 0 Å². The zero-order valence-corrected chi connectivity index (χ0v) is 17.3. The number of hydrogen-bond acceptors (Lipinski definition) is 4. The van der Waals surface area contributed by atoms with Gasteiger partial charge >= 0.3 is 0 Å². The Morgan fingerprint density at radius 3 is 2.69 bits per heavy atom. The maximum absolute atomic E-state index is 12.6. The van der Waals surface area contributed by atoms with Crippen molar-refractivity contribution >= 4 is 11.6 Å². The minimum absolute atomic E-state index is 0.112. The highest BCUT2D eigenvalue weighted by atomic mass is 16.5. The van der Waals surface area contributed by atoms with E-state index in [-0.39, 0.29) is 12.3 Å². The normalized spacial score (nSPS) is 10.8. The number of nitrogens with one attached hydrogen (secondary N) is 1. The molecule has 29 heavy (non-hydrogen) atoms. The molecular weight excluding hydrogens is 366 g/mol. The van der Waals surface area contributed by atoms with Crippen molar-refractivity contribution in [1.29, 1.82) is 0 Å². The molecule has 152 valence electrons. The van der Waals surface area contributed by atoms with E-state index in [1.54, 1.807) is 20.3 Å². The van der Waals surface area contributed by atoms with E-state index in [0.29, 0.717) is 24.0 Å². The predicted molar refractivity (Wildman–Crippen MR) is 114 cm³/mol. The van der Waals surface area contributed by atoms with Gasteiger partial charge in [-0.25, -0.2) is 4.98 Å². The van der Waals surface area contributed by atoms with E-state index in [0.717, 1.165) is 22.6 Å². The number of anilines is 1. The Hall–Kier alpha value is -3.28. The molecule has 6 heteroatoms. The van der Waals surface area contributed by atoms with Crippen LogP contribution in [-0.4, -0.2) is 29.7 Å². The van der Waals surface area contributed by atoms with Crippen molar-refractivity contribution < 1.29 is 14.3 Å². The van der Waals surface area contributed by atoms with Gasteiger partial charge in [-0.2, -0.15) is 0 Å². The summed E-state index contributed by atoms with van der Waals surface area (Å²) < 4.78 is 12.7. The third kappa shape index (κ3) is 5.16. The van der Waals surface area contributed by atoms with Crippen LogP contribution in [0.4, 0.5) is 5.69 Å². The fraction of sp³-hybridized carbons (Fsp3) is 0.304. The van der Waals surface area contributed by atoms with Crippen LogP contribution in [0.2, 0.25) is 0 Å². The molecule has 0 radical (unpaired) electrons. The molecule has 1 aromatic heterocycles. The average molecular weight is 393 g/mol. The molecule has 2 aromatic carbocycles. The topological polar surface area (TPSA) is 65.4 Å². The van der Waals surface area contributed by atoms with Crippen LogP contribution in [0.25, 0.3) is 0 Å². The Bertz CT molecular complexity index is 979. The van der Waals surface area contributed by atoms with Crippen molar-refractivity contribution in [3.05, 3.63) is 71.8 Å². The molecule has 3 aromatic rings. The van der Waals surface area contributed by atoms with Crippen LogP contribution in [0.1, 0.15) is 36.7 Å². The summed E-state index contributed by atoms with van der Waals surface area (Å²) in [6.07, 6.45) is 4.00. The molecule has 0 aliphatic carbocycles. The highest BCUT2D eigenvalue weighted by molar-refractivity contribution is 5.92. The zero-order valence-electron chi connectivity index (χ0n) is 17.3. The molecule has 1 amide bonds. The van der Waals surface area contributed by atoms with Gasteiger partial charge < -0.3 is 19.4 Å². The highest BCUT2D eigenvalue weighted by Crippen LogP contribution is 2.25. The van der Waals surface area contributed by atoms with Gasteiger partial charge in [-0.05, 0) is 35.9 Å². The minimum Gasteiger partial charge on any atom is -0.497 e. The third-order valence-corrected chi connectivity index (χ3v) is 4.67. The van der Waals surface area contributed by atoms with Crippen LogP contribution in [0.15, 0.2) is 54.9 Å². The van der Waals surface area contributed by atoms with E-state index in [1.807, 2.05) is 48.8 Å². The predicted octanol–water partition coefficient (Wildman–Crippen LogP) is 4.25. The molecule has 0 unspecified atom stereocenters. The summed E-state index contributed by atoms with van der Waals surface area (Å²) in [5.74, 6) is 2.64. The molecule has 0 fully saturated rings. The van der Waals surface area contributed by atoms with Crippen molar-refractivity contribution in [2.75, 3.05) is 19.5 Å². The third-order valence-electron chi connectivity index (χ3n) is 4.67. The Balaban J connectivity index is 1.70. The van der Waals surface area contributed by atoms with E-state index in [4.69, 9.17) is 9.47 Å². The first-order chi connectivity index (χ1) is 14.0. The number of carbonyl (C=O) groups is 1. The van der Waals surface area contributed by atoms with Gasteiger partial charge in [0.25, 0.3) is 0 Å². The zero-order chi connectivity index (χ0) is 20.8. The molecule has 0 aliphatic rings. The van der Waals surface area contributed by atoms with E-state index >= 15 is 0 Å². The second kappa shape index (κ2) is 9.28. The lowest BCUT2D eigenvalue weighted by molar-refractivity contribution is -0.115. The Kier molecular flexibility index (Phi) is 6.54. The van der Waals surface area contributed by atoms with E-state index in [1.165, 1.54) is 0 Å². The first-order valence-electron chi connectivity index (χ1n) is 9.61. The minimum atomic E-state index is -0.112. The smallest absolute Gasteiger partial charge is 0.228 e. The quantitative estimate of drug-likeness (QED) is 0.621. The van der Waals surface area contributed by atoms with Gasteiger partial charge in [0.1, 0.15) is 17.3 Å². The lowest BCUT2D eigenvalue weighted by atomic mass is 10.1. The fourth-order valence-electron chi connectivity index (χ4n) is 3.30. The molecule has 1 heterocycles. The molecule has 1 N–H and O–H groups in total. The van der Waals surface area contributed by atoms with E-state index in [9.17, 15) is 4.79 Å². The maximum atomic E-state index is 12.6. The maximum Gasteiger partial charge on any atom is 0.228 e. The molecule has 0 saturated carbocycles. The van der Waals surface area contributed by atoms with Gasteiger partial charge in [0, 0.05) is 36.1 Å². The fourth-order valence-corrected chi connectivity index (χ4v) is 3.30. The Morgan fingerprint density at radius 2 is 1.97 bits per heavy atom. The van der Waals surface area contributed by atoms with Crippen molar-refractivity contribution in [3.63, 3.8) is 0 Å². The summed E-state index contributed by atoms with van der Waals surface area (Å²) in [4.78, 5) is 17.0. The number of hydrogen-bond donors (Lipinski definition) is 1. The van der Waals surface area contributed by atoms with Crippen molar-refractivity contribution in [1.82, 2.24) is 9.55 Å². The monoisotopic (exact) mass is 393 g/mol. The summed E-state index contributed by atoms with van der Waals surface area (Å²) in [6.45, 7) is 4.96. The summed E-state index contributed by atoms with van der Waals surface area (Å²) in [5.41, 5.74) is 2.64. The lowest BCUT2D eigenvalue weighted by Gasteiger charge is -2.13. The Morgan fingerprint density at radius 1 is 1.14 bits per heavy atom. The molecule has 0 atom stereocenters. The number of methoxy groups -OCH3 is 2. The van der Waals surface area contributed by atoms with Gasteiger partial charge in [-0.3, -0.25) is 4.79 Å². The second-order valence-corrected chi connectivity index (χ2v) is 7.17. The van der Waals surface area contributed by atoms with Gasteiger partial charge in [-0.15, -0.1) is 0 Å². The number of aromatic nitrogens is 2. The summed E-state index contributed by atoms with van der Waals surface area (Å²) >= 11 is 0. The SMILES string of the molecule is COc1ccc(OC)c(CC(=O)Nc2cccc(Cn3ccnc3C(C)C)c2)c1. The summed E-state index contributed by atoms with van der Waals surface area (Å²) in [7, 11) is 3.19. The molecular formula is C23H27N3O3. The van der Waals surface area contributed by atoms with Gasteiger partial charge in [0.2, 0.25) is 5.91 Å². The van der Waals surface area contributed by atoms with E-state index in [2.05, 4.69) is 28.7 Å². The van der Waals surface area contributed by atoms with E-state index < -0.39 is 0 Å². The molecule has 0 spiro atoms. The number of nitrogens with zero attached hydrogens (tertiary/aromatic N) is 2. The number of amides is 1. The summed E-state index contributed by atoms with van der Waals surface area (Å²) in [6, 6.07) is 13.3. The second-order valence-electron chi connectivity index (χ2n) is 7.17. The first kappa shape index (κ1) is 20.5. The van der Waals surface area contributed by atoms with Gasteiger partial charge in [-0.1, -0.05) is 26.0 Å². The van der Waals surface area contributed by atoms with Crippen molar-refractivity contribution in [2.24, 2.45) is 0 Å². The number of imidazole rings is 1. The largest absolute Gasteiger partial charge is 0.497 e. The highest BCUT2D eigenvalue weighted by Gasteiger charge is 2.12. The number of rotatable bonds is 8. The van der Waals surface area contributed by atoms with Crippen LogP contribution in [-0.2, 0) is 17.8 Å². The molecule has 3 rings (SSSR count). The number of carbonyl (C=O) groups excluding carboxylic acids is 1. The first-order valence-corrected chi connectivity index (χ1v) is 9.61. The molecule has 0 aliphatic heterocycles. The number of ether oxygens (including phenoxy) is 2. The van der Waals surface area contributed by atoms with Crippen LogP contribution in [0.5, 0.6) is 11.5 Å². The lowest BCUT2D eigenvalue weighted by Crippen LogP contribution is -2.15.